The number of carbonyl (C=O) groups excluding carboxylic acids is 1. The lowest BCUT2D eigenvalue weighted by atomic mass is 9.88. The number of halogens is 3. The van der Waals surface area contributed by atoms with E-state index < -0.39 is 11.6 Å². The molecule has 2 N–H and O–H groups in total. The molecule has 8 heteroatoms. The van der Waals surface area contributed by atoms with Gasteiger partial charge in [-0.1, -0.05) is 13.0 Å². The quantitative estimate of drug-likeness (QED) is 0.846. The molecule has 1 aromatic carbocycles. The van der Waals surface area contributed by atoms with Crippen molar-refractivity contribution < 1.29 is 13.6 Å². The van der Waals surface area contributed by atoms with Gasteiger partial charge in [0.15, 0.2) is 5.13 Å². The van der Waals surface area contributed by atoms with Crippen LogP contribution in [-0.2, 0) is 11.2 Å². The number of nitrogens with one attached hydrogen (secondary N) is 2. The molecule has 130 valence electrons. The van der Waals surface area contributed by atoms with Crippen LogP contribution in [0.5, 0.6) is 0 Å². The summed E-state index contributed by atoms with van der Waals surface area (Å²) in [6.07, 6.45) is 1.93. The van der Waals surface area contributed by atoms with E-state index in [-0.39, 0.29) is 24.2 Å². The zero-order valence-corrected chi connectivity index (χ0v) is 14.6. The summed E-state index contributed by atoms with van der Waals surface area (Å²) < 4.78 is 26.6. The predicted octanol–water partition coefficient (Wildman–Crippen LogP) is 3.23. The van der Waals surface area contributed by atoms with Crippen molar-refractivity contribution in [3.8, 4) is 0 Å². The van der Waals surface area contributed by atoms with Gasteiger partial charge >= 0.3 is 0 Å². The first-order valence-electron chi connectivity index (χ1n) is 7.43. The Bertz CT molecular complexity index is 721. The second-order valence-corrected chi connectivity index (χ2v) is 6.86. The number of amides is 1. The number of hydrogen-bond donors (Lipinski definition) is 2. The minimum atomic E-state index is -0.594. The molecule has 1 amide bonds. The molecular weight excluding hydrogens is 356 g/mol. The average Bonchev–Trinajstić information content (AvgIpc) is 2.87. The molecule has 1 unspecified atom stereocenters. The van der Waals surface area contributed by atoms with Gasteiger partial charge in [0.25, 0.3) is 0 Å². The summed E-state index contributed by atoms with van der Waals surface area (Å²) in [6, 6.07) is 3.53. The van der Waals surface area contributed by atoms with Crippen molar-refractivity contribution in [2.75, 3.05) is 18.4 Å². The maximum Gasteiger partial charge on any atom is 0.229 e. The second kappa shape index (κ2) is 8.00. The zero-order chi connectivity index (χ0) is 16.4. The van der Waals surface area contributed by atoms with Gasteiger partial charge in [0.05, 0.1) is 0 Å². The third-order valence-corrected chi connectivity index (χ3v) is 5.01. The standard InChI is InChI=1S/C16H17F2N3OS.ClH/c1-9(11-6-19-7-11)15(22)21-16-20-8-13(23-16)4-10-2-3-12(17)5-14(10)18;/h2-3,5,8-9,11,19H,4,6-7H2,1H3,(H,20,21,22);1H. The van der Waals surface area contributed by atoms with E-state index >= 15 is 0 Å². The zero-order valence-electron chi connectivity index (χ0n) is 13.0. The minimum absolute atomic E-state index is 0. The van der Waals surface area contributed by atoms with Crippen LogP contribution in [0, 0.1) is 23.5 Å². The van der Waals surface area contributed by atoms with Gasteiger partial charge in [0.1, 0.15) is 11.6 Å². The number of nitrogens with zero attached hydrogens (tertiary/aromatic N) is 1. The Morgan fingerprint density at radius 1 is 1.46 bits per heavy atom. The summed E-state index contributed by atoms with van der Waals surface area (Å²) in [5.41, 5.74) is 0.404. The summed E-state index contributed by atoms with van der Waals surface area (Å²) in [7, 11) is 0. The van der Waals surface area contributed by atoms with Crippen molar-refractivity contribution in [2.24, 2.45) is 11.8 Å². The summed E-state index contributed by atoms with van der Waals surface area (Å²) in [4.78, 5) is 17.1. The van der Waals surface area contributed by atoms with Gasteiger partial charge in [0, 0.05) is 29.5 Å². The van der Waals surface area contributed by atoms with Gasteiger partial charge in [-0.3, -0.25) is 4.79 Å². The van der Waals surface area contributed by atoms with Crippen LogP contribution in [0.4, 0.5) is 13.9 Å². The fourth-order valence-electron chi connectivity index (χ4n) is 2.40. The van der Waals surface area contributed by atoms with Crippen LogP contribution in [0.3, 0.4) is 0 Å². The van der Waals surface area contributed by atoms with E-state index in [1.54, 1.807) is 6.20 Å². The molecule has 4 nitrogen and oxygen atoms in total. The van der Waals surface area contributed by atoms with E-state index in [0.29, 0.717) is 23.0 Å². The first-order chi connectivity index (χ1) is 11.0. The highest BCUT2D eigenvalue weighted by molar-refractivity contribution is 7.15. The molecule has 2 aromatic rings. The van der Waals surface area contributed by atoms with E-state index in [9.17, 15) is 13.6 Å². The Hall–Kier alpha value is -1.57. The maximum atomic E-state index is 13.7. The molecule has 0 radical (unpaired) electrons. The molecule has 1 fully saturated rings. The van der Waals surface area contributed by atoms with Crippen molar-refractivity contribution in [3.05, 3.63) is 46.5 Å². The Morgan fingerprint density at radius 3 is 2.83 bits per heavy atom. The smallest absolute Gasteiger partial charge is 0.229 e. The van der Waals surface area contributed by atoms with Gasteiger partial charge < -0.3 is 10.6 Å². The number of rotatable bonds is 5. The van der Waals surface area contributed by atoms with Crippen LogP contribution in [0.15, 0.2) is 24.4 Å². The van der Waals surface area contributed by atoms with Gasteiger partial charge in [-0.15, -0.1) is 23.7 Å². The summed E-state index contributed by atoms with van der Waals surface area (Å²) in [5.74, 6) is -0.927. The third-order valence-electron chi connectivity index (χ3n) is 4.10. The largest absolute Gasteiger partial charge is 0.316 e. The van der Waals surface area contributed by atoms with E-state index in [2.05, 4.69) is 15.6 Å². The van der Waals surface area contributed by atoms with Gasteiger partial charge in [-0.05, 0) is 30.6 Å². The van der Waals surface area contributed by atoms with Crippen molar-refractivity contribution in [1.82, 2.24) is 10.3 Å². The molecule has 0 aliphatic carbocycles. The fraction of sp³-hybridized carbons (Fsp3) is 0.375. The molecule has 0 spiro atoms. The van der Waals surface area contributed by atoms with Crippen LogP contribution in [0.1, 0.15) is 17.4 Å². The summed E-state index contributed by atoms with van der Waals surface area (Å²) in [6.45, 7) is 3.63. The van der Waals surface area contributed by atoms with Crippen molar-refractivity contribution in [2.45, 2.75) is 13.3 Å². The highest BCUT2D eigenvalue weighted by Gasteiger charge is 2.29. The highest BCUT2D eigenvalue weighted by Crippen LogP contribution is 2.24. The van der Waals surface area contributed by atoms with Gasteiger partial charge in [-0.25, -0.2) is 13.8 Å². The van der Waals surface area contributed by atoms with Crippen molar-refractivity contribution in [1.29, 1.82) is 0 Å². The van der Waals surface area contributed by atoms with Crippen molar-refractivity contribution in [3.63, 3.8) is 0 Å². The number of thiazole rings is 1. The third kappa shape index (κ3) is 4.28. The van der Waals surface area contributed by atoms with E-state index in [0.717, 1.165) is 24.0 Å². The highest BCUT2D eigenvalue weighted by atomic mass is 35.5. The predicted molar refractivity (Wildman–Crippen MR) is 92.7 cm³/mol. The number of aromatic nitrogens is 1. The molecule has 1 atom stereocenters. The summed E-state index contributed by atoms with van der Waals surface area (Å²) >= 11 is 1.30. The normalized spacial score (nSPS) is 15.3. The molecule has 0 bridgehead atoms. The number of carbonyl (C=O) groups is 1. The molecule has 2 heterocycles. The Labute approximate surface area is 149 Å². The molecule has 1 saturated heterocycles. The number of benzene rings is 1. The second-order valence-electron chi connectivity index (χ2n) is 5.74. The topological polar surface area (TPSA) is 54.0 Å². The van der Waals surface area contributed by atoms with Crippen LogP contribution in [0.2, 0.25) is 0 Å². The van der Waals surface area contributed by atoms with Gasteiger partial charge in [-0.2, -0.15) is 0 Å². The Kier molecular flexibility index (Phi) is 6.26. The lowest BCUT2D eigenvalue weighted by Gasteiger charge is -2.31. The molecule has 1 aromatic heterocycles. The van der Waals surface area contributed by atoms with Crippen LogP contribution < -0.4 is 10.6 Å². The minimum Gasteiger partial charge on any atom is -0.316 e. The number of anilines is 1. The lowest BCUT2D eigenvalue weighted by Crippen LogP contribution is -2.48. The van der Waals surface area contributed by atoms with Crippen molar-refractivity contribution >= 4 is 34.8 Å². The molecule has 3 rings (SSSR count). The Balaban J connectivity index is 0.00000208. The molecule has 1 aliphatic heterocycles. The van der Waals surface area contributed by atoms with E-state index in [1.807, 2.05) is 6.92 Å². The monoisotopic (exact) mass is 373 g/mol. The first-order valence-corrected chi connectivity index (χ1v) is 8.25. The first kappa shape index (κ1) is 18.8. The SMILES string of the molecule is CC(C(=O)Nc1ncc(Cc2ccc(F)cc2F)s1)C1CNC1.Cl. The van der Waals surface area contributed by atoms with Crippen LogP contribution in [0.25, 0.3) is 0 Å². The summed E-state index contributed by atoms with van der Waals surface area (Å²) in [5, 5.41) is 6.46. The molecular formula is C16H18ClF2N3OS. The average molecular weight is 374 g/mol. The molecule has 24 heavy (non-hydrogen) atoms. The van der Waals surface area contributed by atoms with Crippen LogP contribution >= 0.6 is 23.7 Å². The molecule has 1 aliphatic rings. The molecule has 0 saturated carbocycles. The number of hydrogen-bond acceptors (Lipinski definition) is 4. The van der Waals surface area contributed by atoms with E-state index in [4.69, 9.17) is 0 Å². The fourth-order valence-corrected chi connectivity index (χ4v) is 3.24. The van der Waals surface area contributed by atoms with Gasteiger partial charge in [0.2, 0.25) is 5.91 Å². The lowest BCUT2D eigenvalue weighted by molar-refractivity contribution is -0.121. The Morgan fingerprint density at radius 2 is 2.21 bits per heavy atom. The van der Waals surface area contributed by atoms with E-state index in [1.165, 1.54) is 23.5 Å². The maximum absolute atomic E-state index is 13.7. The van der Waals surface area contributed by atoms with Crippen LogP contribution in [-0.4, -0.2) is 24.0 Å².